The Morgan fingerprint density at radius 2 is 1.83 bits per heavy atom. The van der Waals surface area contributed by atoms with Crippen LogP contribution in [0.4, 0.5) is 0 Å². The highest BCUT2D eigenvalue weighted by molar-refractivity contribution is 6.04. The first-order chi connectivity index (χ1) is 8.21. The summed E-state index contributed by atoms with van der Waals surface area (Å²) < 4.78 is 0. The molecule has 0 amide bonds. The Bertz CT molecular complexity index is 462. The van der Waals surface area contributed by atoms with E-state index in [1.807, 2.05) is 20.8 Å². The third kappa shape index (κ3) is 1.15. The van der Waals surface area contributed by atoms with E-state index in [1.165, 1.54) is 0 Å². The number of allylic oxidation sites excluding steroid dienone is 1. The summed E-state index contributed by atoms with van der Waals surface area (Å²) in [5.41, 5.74) is 1.31. The first-order valence-corrected chi connectivity index (χ1v) is 6.85. The quantitative estimate of drug-likeness (QED) is 0.687. The lowest BCUT2D eigenvalue weighted by Crippen LogP contribution is -2.35. The van der Waals surface area contributed by atoms with Crippen LogP contribution in [0.15, 0.2) is 11.1 Å². The minimum absolute atomic E-state index is 0.0916. The predicted octanol–water partition coefficient (Wildman–Crippen LogP) is 1.68. The van der Waals surface area contributed by atoms with Crippen LogP contribution in [0.2, 0.25) is 0 Å². The van der Waals surface area contributed by atoms with Crippen LogP contribution >= 0.6 is 0 Å². The molecule has 3 aliphatic rings. The smallest absolute Gasteiger partial charge is 0.165 e. The van der Waals surface area contributed by atoms with Gasteiger partial charge in [0.25, 0.3) is 0 Å². The van der Waals surface area contributed by atoms with Gasteiger partial charge in [0, 0.05) is 16.9 Å². The molecule has 0 saturated heterocycles. The molecule has 2 N–H and O–H groups in total. The zero-order valence-corrected chi connectivity index (χ0v) is 11.5. The first-order valence-electron chi connectivity index (χ1n) is 6.85. The summed E-state index contributed by atoms with van der Waals surface area (Å²) in [6.07, 6.45) is 0.307. The van der Waals surface area contributed by atoms with Crippen LogP contribution in [0.1, 0.15) is 40.5 Å². The van der Waals surface area contributed by atoms with Crippen LogP contribution < -0.4 is 0 Å². The largest absolute Gasteiger partial charge is 0.393 e. The number of rotatable bonds is 0. The van der Waals surface area contributed by atoms with Gasteiger partial charge < -0.3 is 10.2 Å². The van der Waals surface area contributed by atoms with Gasteiger partial charge in [-0.05, 0) is 24.2 Å². The van der Waals surface area contributed by atoms with Gasteiger partial charge in [-0.1, -0.05) is 33.3 Å². The van der Waals surface area contributed by atoms with Gasteiger partial charge in [-0.2, -0.15) is 0 Å². The molecule has 1 fully saturated rings. The summed E-state index contributed by atoms with van der Waals surface area (Å²) in [6.45, 7) is 8.16. The molecule has 0 unspecified atom stereocenters. The van der Waals surface area contributed by atoms with Crippen molar-refractivity contribution in [2.45, 2.75) is 52.7 Å². The van der Waals surface area contributed by atoms with Gasteiger partial charge in [-0.15, -0.1) is 0 Å². The Labute approximate surface area is 108 Å². The monoisotopic (exact) mass is 250 g/mol. The lowest BCUT2D eigenvalue weighted by molar-refractivity contribution is -0.121. The minimum Gasteiger partial charge on any atom is -0.393 e. The number of hydrogen-bond acceptors (Lipinski definition) is 3. The van der Waals surface area contributed by atoms with E-state index in [1.54, 1.807) is 0 Å². The predicted molar refractivity (Wildman–Crippen MR) is 67.8 cm³/mol. The van der Waals surface area contributed by atoms with Crippen molar-refractivity contribution in [3.05, 3.63) is 11.1 Å². The van der Waals surface area contributed by atoms with Crippen molar-refractivity contribution >= 4 is 5.78 Å². The van der Waals surface area contributed by atoms with E-state index in [4.69, 9.17) is 0 Å². The van der Waals surface area contributed by atoms with Crippen molar-refractivity contribution in [1.82, 2.24) is 0 Å². The molecular formula is C15H22O3. The van der Waals surface area contributed by atoms with Crippen molar-refractivity contribution in [2.75, 3.05) is 0 Å². The molecule has 3 rings (SSSR count). The van der Waals surface area contributed by atoms with Gasteiger partial charge in [0.15, 0.2) is 5.78 Å². The number of carbonyl (C=O) groups excluding carboxylic acids is 1. The molecule has 3 heteroatoms. The summed E-state index contributed by atoms with van der Waals surface area (Å²) in [6, 6.07) is 0. The fraction of sp³-hybridized carbons (Fsp3) is 0.800. The van der Waals surface area contributed by atoms with E-state index >= 15 is 0 Å². The van der Waals surface area contributed by atoms with Crippen LogP contribution in [0.5, 0.6) is 0 Å². The van der Waals surface area contributed by atoms with Crippen LogP contribution in [-0.2, 0) is 4.79 Å². The zero-order valence-electron chi connectivity index (χ0n) is 11.5. The molecule has 0 aliphatic heterocycles. The second-order valence-corrected chi connectivity index (χ2v) is 7.25. The third-order valence-electron chi connectivity index (χ3n) is 5.93. The van der Waals surface area contributed by atoms with Gasteiger partial charge in [0.05, 0.1) is 12.2 Å². The highest BCUT2D eigenvalue weighted by Gasteiger charge is 2.64. The van der Waals surface area contributed by atoms with Gasteiger partial charge in [-0.3, -0.25) is 4.79 Å². The Balaban J connectivity index is 2.12. The summed E-state index contributed by atoms with van der Waals surface area (Å²) in [5, 5.41) is 20.4. The molecule has 0 aromatic heterocycles. The number of hydrogen-bond donors (Lipinski definition) is 2. The number of aliphatic hydroxyl groups excluding tert-OH is 2. The van der Waals surface area contributed by atoms with Crippen LogP contribution in [-0.4, -0.2) is 28.2 Å². The number of Topliss-reactive ketones (excluding diaryl/α,β-unsaturated/α-hetero) is 1. The molecule has 0 aromatic carbocycles. The third-order valence-corrected chi connectivity index (χ3v) is 5.93. The summed E-state index contributed by atoms with van der Waals surface area (Å²) in [7, 11) is 0. The average Bonchev–Trinajstić information content (AvgIpc) is 2.74. The van der Waals surface area contributed by atoms with Gasteiger partial charge in [0.2, 0.25) is 0 Å². The van der Waals surface area contributed by atoms with Crippen molar-refractivity contribution in [1.29, 1.82) is 0 Å². The summed E-state index contributed by atoms with van der Waals surface area (Å²) >= 11 is 0. The van der Waals surface area contributed by atoms with E-state index in [9.17, 15) is 15.0 Å². The highest BCUT2D eigenvalue weighted by atomic mass is 16.3. The SMILES string of the molecule is C[C@H]1[C@@H](O)C[C@@H]2C(=O)C3=C(CC(C)(C)[C@H]3O)[C@@]21C. The van der Waals surface area contributed by atoms with Crippen molar-refractivity contribution in [3.8, 4) is 0 Å². The van der Waals surface area contributed by atoms with Crippen LogP contribution in [0.25, 0.3) is 0 Å². The van der Waals surface area contributed by atoms with E-state index in [2.05, 4.69) is 6.92 Å². The Kier molecular flexibility index (Phi) is 2.24. The maximum absolute atomic E-state index is 12.5. The highest BCUT2D eigenvalue weighted by Crippen LogP contribution is 2.64. The first kappa shape index (κ1) is 12.4. The average molecular weight is 250 g/mol. The molecule has 100 valence electrons. The summed E-state index contributed by atoms with van der Waals surface area (Å²) in [4.78, 5) is 12.5. The lowest BCUT2D eigenvalue weighted by atomic mass is 9.68. The topological polar surface area (TPSA) is 57.5 Å². The molecule has 0 bridgehead atoms. The van der Waals surface area contributed by atoms with E-state index in [-0.39, 0.29) is 34.6 Å². The molecule has 0 radical (unpaired) electrons. The second-order valence-electron chi connectivity index (χ2n) is 7.25. The number of fused-ring (bicyclic) bond motifs is 2. The fourth-order valence-corrected chi connectivity index (χ4v) is 4.43. The molecule has 3 nitrogen and oxygen atoms in total. The second kappa shape index (κ2) is 3.26. The zero-order chi connectivity index (χ0) is 13.5. The number of aliphatic hydroxyl groups is 2. The van der Waals surface area contributed by atoms with Crippen molar-refractivity contribution in [2.24, 2.45) is 22.7 Å². The molecule has 0 heterocycles. The fourth-order valence-electron chi connectivity index (χ4n) is 4.43. The molecule has 1 saturated carbocycles. The number of ketones is 1. The molecule has 3 aliphatic carbocycles. The van der Waals surface area contributed by atoms with E-state index < -0.39 is 6.10 Å². The van der Waals surface area contributed by atoms with E-state index in [0.717, 1.165) is 12.0 Å². The maximum Gasteiger partial charge on any atom is 0.165 e. The Morgan fingerprint density at radius 3 is 2.44 bits per heavy atom. The normalized spacial score (nSPS) is 49.8. The maximum atomic E-state index is 12.5. The molecule has 18 heavy (non-hydrogen) atoms. The van der Waals surface area contributed by atoms with Gasteiger partial charge in [0.1, 0.15) is 0 Å². The molecule has 0 spiro atoms. The molecule has 5 atom stereocenters. The molecular weight excluding hydrogens is 228 g/mol. The van der Waals surface area contributed by atoms with Crippen molar-refractivity contribution in [3.63, 3.8) is 0 Å². The van der Waals surface area contributed by atoms with Crippen LogP contribution in [0, 0.1) is 22.7 Å². The van der Waals surface area contributed by atoms with Gasteiger partial charge >= 0.3 is 0 Å². The molecule has 0 aromatic rings. The van der Waals surface area contributed by atoms with E-state index in [0.29, 0.717) is 12.0 Å². The van der Waals surface area contributed by atoms with Crippen molar-refractivity contribution < 1.29 is 15.0 Å². The Hall–Kier alpha value is -0.670. The minimum atomic E-state index is -0.633. The van der Waals surface area contributed by atoms with Gasteiger partial charge in [-0.25, -0.2) is 0 Å². The Morgan fingerprint density at radius 1 is 1.22 bits per heavy atom. The van der Waals surface area contributed by atoms with Crippen LogP contribution in [0.3, 0.4) is 0 Å². The number of carbonyl (C=O) groups is 1. The standard InChI is InChI=1S/C15H22O3/c1-7-10(16)5-8-12(17)11-9(15(7,8)4)6-14(2,3)13(11)18/h7-8,10,13,16,18H,5-6H2,1-4H3/t7-,8+,10-,13-,15+/m0/s1. The summed E-state index contributed by atoms with van der Waals surface area (Å²) in [5.74, 6) is 0.0762. The lowest BCUT2D eigenvalue weighted by Gasteiger charge is -2.35.